The van der Waals surface area contributed by atoms with Crippen molar-refractivity contribution in [3.8, 4) is 11.5 Å². The van der Waals surface area contributed by atoms with E-state index in [1.54, 1.807) is 20.3 Å². The molecule has 2 rings (SSSR count). The number of benzene rings is 2. The predicted molar refractivity (Wildman–Crippen MR) is 86.2 cm³/mol. The summed E-state index contributed by atoms with van der Waals surface area (Å²) in [6.45, 7) is 0. The number of ether oxygens (including phenoxy) is 2. The molecule has 2 N–H and O–H groups in total. The molecule has 0 amide bonds. The lowest BCUT2D eigenvalue weighted by Crippen LogP contribution is -2.12. The van der Waals surface area contributed by atoms with Crippen molar-refractivity contribution in [2.24, 2.45) is 5.73 Å². The molecule has 0 aliphatic heterocycles. The van der Waals surface area contributed by atoms with Gasteiger partial charge in [0.05, 0.1) is 14.2 Å². The van der Waals surface area contributed by atoms with Crippen LogP contribution in [0.1, 0.15) is 23.6 Å². The lowest BCUT2D eigenvalue weighted by atomic mass is 9.99. The molecule has 112 valence electrons. The van der Waals surface area contributed by atoms with Gasteiger partial charge >= 0.3 is 0 Å². The highest BCUT2D eigenvalue weighted by Crippen LogP contribution is 2.36. The van der Waals surface area contributed by atoms with E-state index >= 15 is 0 Å². The van der Waals surface area contributed by atoms with Gasteiger partial charge in [-0.1, -0.05) is 41.9 Å². The first-order chi connectivity index (χ1) is 10.2. The first kappa shape index (κ1) is 15.7. The van der Waals surface area contributed by atoms with E-state index in [0.29, 0.717) is 16.5 Å². The van der Waals surface area contributed by atoms with Crippen LogP contribution in [0.4, 0.5) is 0 Å². The monoisotopic (exact) mass is 305 g/mol. The van der Waals surface area contributed by atoms with Gasteiger partial charge in [0.25, 0.3) is 0 Å². The second-order valence-electron chi connectivity index (χ2n) is 4.86. The molecule has 21 heavy (non-hydrogen) atoms. The fraction of sp³-hybridized carbons (Fsp3) is 0.294. The summed E-state index contributed by atoms with van der Waals surface area (Å²) in [4.78, 5) is 0. The van der Waals surface area contributed by atoms with Gasteiger partial charge in [-0.15, -0.1) is 0 Å². The second-order valence-corrected chi connectivity index (χ2v) is 5.27. The molecule has 0 aliphatic carbocycles. The van der Waals surface area contributed by atoms with Crippen molar-refractivity contribution in [3.63, 3.8) is 0 Å². The highest BCUT2D eigenvalue weighted by molar-refractivity contribution is 6.31. The Morgan fingerprint density at radius 3 is 2.29 bits per heavy atom. The Kier molecular flexibility index (Phi) is 5.48. The van der Waals surface area contributed by atoms with Gasteiger partial charge in [0.15, 0.2) is 11.5 Å². The fourth-order valence-corrected chi connectivity index (χ4v) is 2.57. The molecule has 4 heteroatoms. The van der Waals surface area contributed by atoms with Crippen LogP contribution < -0.4 is 15.2 Å². The number of hydrogen-bond acceptors (Lipinski definition) is 3. The molecule has 0 aromatic heterocycles. The van der Waals surface area contributed by atoms with E-state index in [4.69, 9.17) is 26.8 Å². The number of rotatable bonds is 6. The molecular weight excluding hydrogens is 286 g/mol. The quantitative estimate of drug-likeness (QED) is 0.877. The number of aryl methyl sites for hydroxylation is 1. The molecule has 0 radical (unpaired) electrons. The standard InChI is InChI=1S/C17H20ClNO2/c1-20-16-10-13(14(18)11-17(16)21-2)15(19)9-8-12-6-4-3-5-7-12/h3-7,10-11,15H,8-9,19H2,1-2H3. The molecule has 0 saturated carbocycles. The minimum Gasteiger partial charge on any atom is -0.493 e. The maximum Gasteiger partial charge on any atom is 0.162 e. The Bertz CT molecular complexity index is 587. The number of halogens is 1. The SMILES string of the molecule is COc1cc(Cl)c(C(N)CCc2ccccc2)cc1OC. The molecule has 3 nitrogen and oxygen atoms in total. The van der Waals surface area contributed by atoms with Crippen LogP contribution in [0.25, 0.3) is 0 Å². The summed E-state index contributed by atoms with van der Waals surface area (Å²) >= 11 is 6.30. The minimum absolute atomic E-state index is 0.141. The van der Waals surface area contributed by atoms with Crippen molar-refractivity contribution in [3.05, 3.63) is 58.6 Å². The van der Waals surface area contributed by atoms with Crippen LogP contribution in [-0.4, -0.2) is 14.2 Å². The number of nitrogens with two attached hydrogens (primary N) is 1. The zero-order chi connectivity index (χ0) is 15.2. The van der Waals surface area contributed by atoms with Gasteiger partial charge in [-0.05, 0) is 30.0 Å². The first-order valence-electron chi connectivity index (χ1n) is 6.86. The van der Waals surface area contributed by atoms with Crippen molar-refractivity contribution < 1.29 is 9.47 Å². The highest BCUT2D eigenvalue weighted by Gasteiger charge is 2.15. The molecule has 0 fully saturated rings. The average Bonchev–Trinajstić information content (AvgIpc) is 2.53. The molecular formula is C17H20ClNO2. The molecule has 1 atom stereocenters. The molecule has 0 aliphatic rings. The van der Waals surface area contributed by atoms with Crippen molar-refractivity contribution in [1.29, 1.82) is 0 Å². The molecule has 2 aromatic rings. The Labute approximate surface area is 130 Å². The lowest BCUT2D eigenvalue weighted by molar-refractivity contribution is 0.354. The van der Waals surface area contributed by atoms with E-state index in [1.165, 1.54) is 5.56 Å². The molecule has 0 bridgehead atoms. The van der Waals surface area contributed by atoms with Gasteiger partial charge in [0.1, 0.15) is 0 Å². The van der Waals surface area contributed by atoms with Crippen molar-refractivity contribution in [2.75, 3.05) is 14.2 Å². The van der Waals surface area contributed by atoms with Crippen LogP contribution in [0.5, 0.6) is 11.5 Å². The fourth-order valence-electron chi connectivity index (χ4n) is 2.28. The van der Waals surface area contributed by atoms with Crippen LogP contribution in [0, 0.1) is 0 Å². The molecule has 2 aromatic carbocycles. The summed E-state index contributed by atoms with van der Waals surface area (Å²) in [6, 6.07) is 13.7. The van der Waals surface area contributed by atoms with E-state index in [-0.39, 0.29) is 6.04 Å². The van der Waals surface area contributed by atoms with Crippen molar-refractivity contribution in [2.45, 2.75) is 18.9 Å². The summed E-state index contributed by atoms with van der Waals surface area (Å²) < 4.78 is 10.5. The summed E-state index contributed by atoms with van der Waals surface area (Å²) in [6.07, 6.45) is 1.73. The largest absolute Gasteiger partial charge is 0.493 e. The van der Waals surface area contributed by atoms with Gasteiger partial charge in [0, 0.05) is 17.1 Å². The van der Waals surface area contributed by atoms with Gasteiger partial charge in [-0.25, -0.2) is 0 Å². The minimum atomic E-state index is -0.141. The zero-order valence-corrected chi connectivity index (χ0v) is 13.1. The smallest absolute Gasteiger partial charge is 0.162 e. The van der Waals surface area contributed by atoms with E-state index in [9.17, 15) is 0 Å². The molecule has 1 unspecified atom stereocenters. The third-order valence-corrected chi connectivity index (χ3v) is 3.82. The summed E-state index contributed by atoms with van der Waals surface area (Å²) in [7, 11) is 3.19. The highest BCUT2D eigenvalue weighted by atomic mass is 35.5. The third kappa shape index (κ3) is 3.90. The zero-order valence-electron chi connectivity index (χ0n) is 12.3. The Morgan fingerprint density at radius 1 is 1.05 bits per heavy atom. The molecule has 0 heterocycles. The Balaban J connectivity index is 2.13. The van der Waals surface area contributed by atoms with Crippen LogP contribution in [0.3, 0.4) is 0 Å². The van der Waals surface area contributed by atoms with Crippen LogP contribution in [0.15, 0.2) is 42.5 Å². The number of methoxy groups -OCH3 is 2. The van der Waals surface area contributed by atoms with E-state index in [2.05, 4.69) is 12.1 Å². The van der Waals surface area contributed by atoms with Gasteiger partial charge in [0.2, 0.25) is 0 Å². The molecule has 0 spiro atoms. The van der Waals surface area contributed by atoms with Crippen LogP contribution >= 0.6 is 11.6 Å². The normalized spacial score (nSPS) is 12.0. The van der Waals surface area contributed by atoms with Gasteiger partial charge in [-0.2, -0.15) is 0 Å². The van der Waals surface area contributed by atoms with Crippen molar-refractivity contribution >= 4 is 11.6 Å². The van der Waals surface area contributed by atoms with Gasteiger partial charge < -0.3 is 15.2 Å². The van der Waals surface area contributed by atoms with E-state index in [1.807, 2.05) is 24.3 Å². The summed E-state index contributed by atoms with van der Waals surface area (Å²) in [5.41, 5.74) is 8.43. The first-order valence-corrected chi connectivity index (χ1v) is 7.24. The summed E-state index contributed by atoms with van der Waals surface area (Å²) in [5.74, 6) is 1.26. The van der Waals surface area contributed by atoms with Crippen LogP contribution in [-0.2, 0) is 6.42 Å². The topological polar surface area (TPSA) is 44.5 Å². The van der Waals surface area contributed by atoms with E-state index in [0.717, 1.165) is 18.4 Å². The number of hydrogen-bond donors (Lipinski definition) is 1. The maximum absolute atomic E-state index is 6.30. The molecule has 0 saturated heterocycles. The Hall–Kier alpha value is -1.71. The van der Waals surface area contributed by atoms with Crippen LogP contribution in [0.2, 0.25) is 5.02 Å². The second kappa shape index (κ2) is 7.34. The predicted octanol–water partition coefficient (Wildman–Crippen LogP) is 3.99. The summed E-state index contributed by atoms with van der Waals surface area (Å²) in [5, 5.41) is 0.605. The van der Waals surface area contributed by atoms with E-state index < -0.39 is 0 Å². The maximum atomic E-state index is 6.30. The van der Waals surface area contributed by atoms with Crippen molar-refractivity contribution in [1.82, 2.24) is 0 Å². The van der Waals surface area contributed by atoms with Gasteiger partial charge in [-0.3, -0.25) is 0 Å². The Morgan fingerprint density at radius 2 is 1.67 bits per heavy atom. The lowest BCUT2D eigenvalue weighted by Gasteiger charge is -2.17. The average molecular weight is 306 g/mol. The third-order valence-electron chi connectivity index (χ3n) is 3.49.